The topological polar surface area (TPSA) is 85.0 Å². The zero-order valence-corrected chi connectivity index (χ0v) is 10.3. The van der Waals surface area contributed by atoms with E-state index in [9.17, 15) is 4.79 Å². The van der Waals surface area contributed by atoms with Crippen molar-refractivity contribution >= 4 is 17.4 Å². The number of nitrogens with two attached hydrogens (primary N) is 1. The molecule has 4 N–H and O–H groups in total. The van der Waals surface area contributed by atoms with Crippen LogP contribution in [0.15, 0.2) is 0 Å². The number of nitrogens with zero attached hydrogens (tertiary/aromatic N) is 2. The molecule has 0 radical (unpaired) electrons. The predicted octanol–water partition coefficient (Wildman–Crippen LogP) is 0.484. The lowest BCUT2D eigenvalue weighted by Crippen LogP contribution is -2.44. The van der Waals surface area contributed by atoms with Crippen LogP contribution in [0.4, 0.5) is 11.5 Å². The zero-order chi connectivity index (χ0) is 12.4. The van der Waals surface area contributed by atoms with Gasteiger partial charge in [-0.1, -0.05) is 0 Å². The Balaban J connectivity index is 2.19. The zero-order valence-electron chi connectivity index (χ0n) is 10.3. The quantitative estimate of drug-likeness (QED) is 0.714. The first-order valence-corrected chi connectivity index (χ1v) is 6.00. The Labute approximate surface area is 101 Å². The average molecular weight is 237 g/mol. The minimum Gasteiger partial charge on any atom is -0.394 e. The summed E-state index contributed by atoms with van der Waals surface area (Å²) in [7, 11) is 0. The number of aryl methyl sites for hydroxylation is 2. The van der Waals surface area contributed by atoms with E-state index in [4.69, 9.17) is 5.73 Å². The number of piperidine rings is 1. The molecule has 17 heavy (non-hydrogen) atoms. The van der Waals surface area contributed by atoms with Crippen molar-refractivity contribution in [3.63, 3.8) is 0 Å². The van der Waals surface area contributed by atoms with Crippen LogP contribution in [0.3, 0.4) is 0 Å². The first kappa shape index (κ1) is 11.8. The second-order valence-electron chi connectivity index (χ2n) is 4.29. The van der Waals surface area contributed by atoms with Crippen molar-refractivity contribution in [3.8, 4) is 0 Å². The molecular weight excluding hydrogens is 218 g/mol. The molecule has 0 saturated carbocycles. The maximum atomic E-state index is 11.7. The van der Waals surface area contributed by atoms with Gasteiger partial charge < -0.3 is 16.4 Å². The third kappa shape index (κ3) is 2.20. The molecule has 1 saturated heterocycles. The van der Waals surface area contributed by atoms with Crippen molar-refractivity contribution in [2.75, 3.05) is 17.6 Å². The standard InChI is InChI=1S/C11H19N5O/c1-3-16-10(9(12)7(2)15-16)14-8-5-4-6-13-11(8)17/h8,14H,3-6,12H2,1-2H3,(H,13,17). The molecule has 1 aromatic rings. The van der Waals surface area contributed by atoms with E-state index in [2.05, 4.69) is 15.7 Å². The summed E-state index contributed by atoms with van der Waals surface area (Å²) in [6.45, 7) is 5.36. The number of anilines is 2. The third-order valence-corrected chi connectivity index (χ3v) is 3.07. The van der Waals surface area contributed by atoms with E-state index >= 15 is 0 Å². The van der Waals surface area contributed by atoms with Crippen molar-refractivity contribution < 1.29 is 4.79 Å². The number of rotatable bonds is 3. The Bertz CT molecular complexity index is 426. The highest BCUT2D eigenvalue weighted by Crippen LogP contribution is 2.24. The lowest BCUT2D eigenvalue weighted by atomic mass is 10.1. The highest BCUT2D eigenvalue weighted by molar-refractivity contribution is 5.86. The fourth-order valence-corrected chi connectivity index (χ4v) is 2.05. The molecule has 1 fully saturated rings. The van der Waals surface area contributed by atoms with Crippen LogP contribution < -0.4 is 16.4 Å². The van der Waals surface area contributed by atoms with Crippen molar-refractivity contribution in [2.24, 2.45) is 0 Å². The predicted molar refractivity (Wildman–Crippen MR) is 66.7 cm³/mol. The van der Waals surface area contributed by atoms with Crippen LogP contribution in [0.1, 0.15) is 25.5 Å². The first-order valence-electron chi connectivity index (χ1n) is 6.00. The van der Waals surface area contributed by atoms with Gasteiger partial charge >= 0.3 is 0 Å². The van der Waals surface area contributed by atoms with Gasteiger partial charge in [0, 0.05) is 13.1 Å². The highest BCUT2D eigenvalue weighted by Gasteiger charge is 2.24. The number of aromatic nitrogens is 2. The monoisotopic (exact) mass is 237 g/mol. The molecule has 2 heterocycles. The Morgan fingerprint density at radius 2 is 2.41 bits per heavy atom. The van der Waals surface area contributed by atoms with E-state index in [1.807, 2.05) is 13.8 Å². The molecule has 1 atom stereocenters. The van der Waals surface area contributed by atoms with E-state index in [0.29, 0.717) is 5.69 Å². The van der Waals surface area contributed by atoms with Gasteiger partial charge in [-0.3, -0.25) is 4.79 Å². The molecular formula is C11H19N5O. The van der Waals surface area contributed by atoms with Gasteiger partial charge in [-0.25, -0.2) is 4.68 Å². The fraction of sp³-hybridized carbons (Fsp3) is 0.636. The SMILES string of the molecule is CCn1nc(C)c(N)c1NC1CCCNC1=O. The molecule has 1 amide bonds. The van der Waals surface area contributed by atoms with Gasteiger partial charge in [0.15, 0.2) is 0 Å². The van der Waals surface area contributed by atoms with E-state index in [1.165, 1.54) is 0 Å². The lowest BCUT2D eigenvalue weighted by Gasteiger charge is -2.24. The molecule has 94 valence electrons. The number of carbonyl (C=O) groups excluding carboxylic acids is 1. The van der Waals surface area contributed by atoms with E-state index < -0.39 is 0 Å². The molecule has 0 bridgehead atoms. The summed E-state index contributed by atoms with van der Waals surface area (Å²) < 4.78 is 1.80. The molecule has 6 nitrogen and oxygen atoms in total. The maximum Gasteiger partial charge on any atom is 0.242 e. The Morgan fingerprint density at radius 1 is 1.65 bits per heavy atom. The number of nitrogens with one attached hydrogen (secondary N) is 2. The molecule has 0 aliphatic carbocycles. The summed E-state index contributed by atoms with van der Waals surface area (Å²) in [5, 5.41) is 10.4. The van der Waals surface area contributed by atoms with Crippen molar-refractivity contribution in [1.29, 1.82) is 0 Å². The molecule has 2 rings (SSSR count). The average Bonchev–Trinajstić information content (AvgIpc) is 2.59. The minimum atomic E-state index is -0.201. The van der Waals surface area contributed by atoms with Gasteiger partial charge in [-0.05, 0) is 26.7 Å². The van der Waals surface area contributed by atoms with Crippen LogP contribution in [0.5, 0.6) is 0 Å². The molecule has 1 aliphatic rings. The number of nitrogen functional groups attached to an aromatic ring is 1. The van der Waals surface area contributed by atoms with Gasteiger partial charge in [-0.2, -0.15) is 5.10 Å². The molecule has 1 aliphatic heterocycles. The number of amides is 1. The van der Waals surface area contributed by atoms with Crippen LogP contribution in [-0.4, -0.2) is 28.3 Å². The van der Waals surface area contributed by atoms with Gasteiger partial charge in [-0.15, -0.1) is 0 Å². The van der Waals surface area contributed by atoms with Crippen LogP contribution in [0, 0.1) is 6.92 Å². The maximum absolute atomic E-state index is 11.7. The first-order chi connectivity index (χ1) is 8.13. The van der Waals surface area contributed by atoms with Crippen LogP contribution in [0.25, 0.3) is 0 Å². The van der Waals surface area contributed by atoms with Gasteiger partial charge in [0.2, 0.25) is 5.91 Å². The van der Waals surface area contributed by atoms with Crippen molar-refractivity contribution in [1.82, 2.24) is 15.1 Å². The van der Waals surface area contributed by atoms with Gasteiger partial charge in [0.1, 0.15) is 11.9 Å². The number of carbonyl (C=O) groups is 1. The second-order valence-corrected chi connectivity index (χ2v) is 4.29. The van der Waals surface area contributed by atoms with Gasteiger partial charge in [0.05, 0.1) is 11.4 Å². The van der Waals surface area contributed by atoms with Crippen molar-refractivity contribution in [2.45, 2.75) is 39.3 Å². The summed E-state index contributed by atoms with van der Waals surface area (Å²) in [6, 6.07) is -0.201. The summed E-state index contributed by atoms with van der Waals surface area (Å²) in [5.41, 5.74) is 7.39. The molecule has 0 spiro atoms. The third-order valence-electron chi connectivity index (χ3n) is 3.07. The van der Waals surface area contributed by atoms with E-state index in [1.54, 1.807) is 4.68 Å². The molecule has 0 aromatic carbocycles. The lowest BCUT2D eigenvalue weighted by molar-refractivity contribution is -0.123. The summed E-state index contributed by atoms with van der Waals surface area (Å²) in [6.07, 6.45) is 1.82. The highest BCUT2D eigenvalue weighted by atomic mass is 16.2. The van der Waals surface area contributed by atoms with Crippen molar-refractivity contribution in [3.05, 3.63) is 5.69 Å². The van der Waals surface area contributed by atoms with Crippen LogP contribution in [-0.2, 0) is 11.3 Å². The summed E-state index contributed by atoms with van der Waals surface area (Å²) in [5.74, 6) is 0.796. The van der Waals surface area contributed by atoms with Crippen LogP contribution in [0.2, 0.25) is 0 Å². The minimum absolute atomic E-state index is 0.0390. The molecule has 1 unspecified atom stereocenters. The Kier molecular flexibility index (Phi) is 3.21. The Morgan fingerprint density at radius 3 is 3.06 bits per heavy atom. The second kappa shape index (κ2) is 4.65. The Hall–Kier alpha value is -1.72. The number of hydrogen-bond acceptors (Lipinski definition) is 4. The molecule has 6 heteroatoms. The fourth-order valence-electron chi connectivity index (χ4n) is 2.05. The van der Waals surface area contributed by atoms with Crippen LogP contribution >= 0.6 is 0 Å². The summed E-state index contributed by atoms with van der Waals surface area (Å²) >= 11 is 0. The van der Waals surface area contributed by atoms with E-state index in [0.717, 1.165) is 37.4 Å². The normalized spacial score (nSPS) is 20.1. The number of hydrogen-bond donors (Lipinski definition) is 3. The largest absolute Gasteiger partial charge is 0.394 e. The van der Waals surface area contributed by atoms with Gasteiger partial charge in [0.25, 0.3) is 0 Å². The molecule has 1 aromatic heterocycles. The smallest absolute Gasteiger partial charge is 0.242 e. The summed E-state index contributed by atoms with van der Waals surface area (Å²) in [4.78, 5) is 11.7. The van der Waals surface area contributed by atoms with E-state index in [-0.39, 0.29) is 11.9 Å².